The van der Waals surface area contributed by atoms with Crippen molar-refractivity contribution in [2.24, 2.45) is 0 Å². The Morgan fingerprint density at radius 3 is 3.04 bits per heavy atom. The van der Waals surface area contributed by atoms with E-state index in [0.29, 0.717) is 36.3 Å². The lowest BCUT2D eigenvalue weighted by molar-refractivity contribution is 0.0933. The molecule has 23 heavy (non-hydrogen) atoms. The number of hydrogen-bond donors (Lipinski definition) is 1. The van der Waals surface area contributed by atoms with E-state index in [1.165, 1.54) is 12.1 Å². The molecule has 1 atom stereocenters. The molecule has 0 saturated heterocycles. The highest BCUT2D eigenvalue weighted by Gasteiger charge is 2.25. The van der Waals surface area contributed by atoms with Crippen LogP contribution in [0.5, 0.6) is 5.75 Å². The second kappa shape index (κ2) is 6.13. The van der Waals surface area contributed by atoms with E-state index in [1.54, 1.807) is 19.1 Å². The maximum Gasteiger partial charge on any atom is 0.255 e. The van der Waals surface area contributed by atoms with Crippen molar-refractivity contribution in [3.63, 3.8) is 0 Å². The van der Waals surface area contributed by atoms with Gasteiger partial charge in [0.2, 0.25) is 5.76 Å². The molecule has 6 heteroatoms. The average Bonchev–Trinajstić information content (AvgIpc) is 2.80. The third-order valence-corrected chi connectivity index (χ3v) is 3.83. The van der Waals surface area contributed by atoms with Crippen LogP contribution in [-0.4, -0.2) is 12.5 Å². The third kappa shape index (κ3) is 2.90. The number of carbonyl (C=O) groups is 1. The lowest BCUT2D eigenvalue weighted by Crippen LogP contribution is -2.28. The van der Waals surface area contributed by atoms with Gasteiger partial charge in [-0.15, -0.1) is 0 Å². The zero-order valence-electron chi connectivity index (χ0n) is 12.6. The van der Waals surface area contributed by atoms with Gasteiger partial charge in [-0.2, -0.15) is 5.26 Å². The van der Waals surface area contributed by atoms with Gasteiger partial charge in [-0.1, -0.05) is 12.1 Å². The van der Waals surface area contributed by atoms with Crippen LogP contribution in [0.15, 0.2) is 28.7 Å². The molecule has 1 unspecified atom stereocenters. The van der Waals surface area contributed by atoms with E-state index in [-0.39, 0.29) is 23.5 Å². The summed E-state index contributed by atoms with van der Waals surface area (Å²) >= 11 is 0. The molecule has 1 aromatic heterocycles. The number of amides is 1. The Bertz CT molecular complexity index is 792. The number of para-hydroxylation sites is 1. The molecule has 0 bridgehead atoms. The van der Waals surface area contributed by atoms with E-state index in [4.69, 9.17) is 14.4 Å². The zero-order valence-corrected chi connectivity index (χ0v) is 12.6. The maximum absolute atomic E-state index is 13.9. The van der Waals surface area contributed by atoms with Crippen molar-refractivity contribution in [3.8, 4) is 11.8 Å². The number of ether oxygens (including phenoxy) is 1. The molecule has 1 aliphatic rings. The van der Waals surface area contributed by atoms with Gasteiger partial charge in [-0.25, -0.2) is 4.39 Å². The van der Waals surface area contributed by atoms with E-state index in [1.807, 2.05) is 6.07 Å². The van der Waals surface area contributed by atoms with E-state index >= 15 is 0 Å². The van der Waals surface area contributed by atoms with Crippen LogP contribution in [0.3, 0.4) is 0 Å². The van der Waals surface area contributed by atoms with Gasteiger partial charge < -0.3 is 14.5 Å². The van der Waals surface area contributed by atoms with Crippen LogP contribution in [0.25, 0.3) is 0 Å². The highest BCUT2D eigenvalue weighted by Crippen LogP contribution is 2.33. The normalized spacial score (nSPS) is 16.7. The Morgan fingerprint density at radius 1 is 1.48 bits per heavy atom. The van der Waals surface area contributed by atoms with Crippen molar-refractivity contribution in [2.75, 3.05) is 6.61 Å². The molecular weight excluding hydrogens is 299 g/mol. The van der Waals surface area contributed by atoms with Gasteiger partial charge in [0.25, 0.3) is 5.91 Å². The van der Waals surface area contributed by atoms with Crippen LogP contribution in [0.2, 0.25) is 0 Å². The molecule has 0 saturated carbocycles. The molecule has 5 nitrogen and oxygen atoms in total. The van der Waals surface area contributed by atoms with Gasteiger partial charge in [0.1, 0.15) is 11.8 Å². The summed E-state index contributed by atoms with van der Waals surface area (Å²) in [5, 5.41) is 11.7. The number of benzene rings is 1. The van der Waals surface area contributed by atoms with Crippen LogP contribution < -0.4 is 10.1 Å². The highest BCUT2D eigenvalue weighted by atomic mass is 19.1. The molecule has 2 aromatic rings. The van der Waals surface area contributed by atoms with Crippen LogP contribution >= 0.6 is 0 Å². The number of fused-ring (bicyclic) bond motifs is 1. The summed E-state index contributed by atoms with van der Waals surface area (Å²) in [6.45, 7) is 2.03. The van der Waals surface area contributed by atoms with Crippen molar-refractivity contribution >= 4 is 5.91 Å². The van der Waals surface area contributed by atoms with Crippen molar-refractivity contribution < 1.29 is 18.3 Å². The van der Waals surface area contributed by atoms with Gasteiger partial charge in [0, 0.05) is 11.6 Å². The lowest BCUT2D eigenvalue weighted by atomic mass is 10.0. The molecule has 3 rings (SSSR count). The quantitative estimate of drug-likeness (QED) is 0.923. The van der Waals surface area contributed by atoms with Crippen LogP contribution in [0.1, 0.15) is 46.3 Å². The van der Waals surface area contributed by atoms with Gasteiger partial charge in [0.15, 0.2) is 11.6 Å². The monoisotopic (exact) mass is 314 g/mol. The minimum absolute atomic E-state index is 0.0864. The van der Waals surface area contributed by atoms with Crippen molar-refractivity contribution in [3.05, 3.63) is 52.7 Å². The number of aryl methyl sites for hydroxylation is 1. The Kier molecular flexibility index (Phi) is 4.02. The largest absolute Gasteiger partial charge is 0.490 e. The van der Waals surface area contributed by atoms with Crippen molar-refractivity contribution in [2.45, 2.75) is 25.8 Å². The van der Waals surface area contributed by atoms with Crippen LogP contribution in [-0.2, 0) is 0 Å². The zero-order chi connectivity index (χ0) is 16.4. The van der Waals surface area contributed by atoms with Crippen LogP contribution in [0.4, 0.5) is 4.39 Å². The number of nitriles is 1. The summed E-state index contributed by atoms with van der Waals surface area (Å²) in [6.07, 6.45) is 1.34. The molecule has 1 aliphatic heterocycles. The van der Waals surface area contributed by atoms with Gasteiger partial charge >= 0.3 is 0 Å². The summed E-state index contributed by atoms with van der Waals surface area (Å²) in [5.41, 5.74) is 0.933. The number of rotatable bonds is 2. The Morgan fingerprint density at radius 2 is 2.30 bits per heavy atom. The predicted molar refractivity (Wildman–Crippen MR) is 79.5 cm³/mol. The fourth-order valence-electron chi connectivity index (χ4n) is 2.72. The predicted octanol–water partition coefficient (Wildman–Crippen LogP) is 3.24. The summed E-state index contributed by atoms with van der Waals surface area (Å²) in [5.74, 6) is -0.131. The molecule has 118 valence electrons. The van der Waals surface area contributed by atoms with Gasteiger partial charge in [0.05, 0.1) is 18.2 Å². The topological polar surface area (TPSA) is 75.3 Å². The summed E-state index contributed by atoms with van der Waals surface area (Å²) in [4.78, 5) is 12.5. The standard InChI is InChI=1S/C17H15FN2O3/c1-10-13(8-11(9-19)23-10)17(21)20-15-6-3-7-22-16-12(15)4-2-5-14(16)18/h2,4-5,8,15H,3,6-7H2,1H3,(H,20,21). The maximum atomic E-state index is 13.9. The number of hydrogen-bond acceptors (Lipinski definition) is 4. The van der Waals surface area contributed by atoms with Gasteiger partial charge in [-0.05, 0) is 25.8 Å². The second-order valence-corrected chi connectivity index (χ2v) is 5.37. The minimum atomic E-state index is -0.435. The minimum Gasteiger partial charge on any atom is -0.490 e. The molecule has 0 aliphatic carbocycles. The smallest absolute Gasteiger partial charge is 0.255 e. The number of carbonyl (C=O) groups excluding carboxylic acids is 1. The molecule has 1 aromatic carbocycles. The fraction of sp³-hybridized carbons (Fsp3) is 0.294. The molecule has 1 N–H and O–H groups in total. The number of halogens is 1. The molecule has 2 heterocycles. The molecule has 0 fully saturated rings. The number of nitrogens with zero attached hydrogens (tertiary/aromatic N) is 1. The molecule has 1 amide bonds. The van der Waals surface area contributed by atoms with E-state index in [9.17, 15) is 9.18 Å². The first kappa shape index (κ1) is 15.1. The third-order valence-electron chi connectivity index (χ3n) is 3.83. The number of nitrogens with one attached hydrogen (secondary N) is 1. The van der Waals surface area contributed by atoms with Crippen molar-refractivity contribution in [1.82, 2.24) is 5.32 Å². The summed E-state index contributed by atoms with van der Waals surface area (Å²) in [6, 6.07) is 7.60. The van der Waals surface area contributed by atoms with E-state index in [2.05, 4.69) is 5.32 Å². The molecule has 0 radical (unpaired) electrons. The fourth-order valence-corrected chi connectivity index (χ4v) is 2.72. The lowest BCUT2D eigenvalue weighted by Gasteiger charge is -2.18. The summed E-state index contributed by atoms with van der Waals surface area (Å²) in [7, 11) is 0. The van der Waals surface area contributed by atoms with Gasteiger partial charge in [-0.3, -0.25) is 4.79 Å². The molecular formula is C17H15FN2O3. The highest BCUT2D eigenvalue weighted by molar-refractivity contribution is 5.95. The Hall–Kier alpha value is -2.81. The number of furan rings is 1. The first-order valence-corrected chi connectivity index (χ1v) is 7.32. The van der Waals surface area contributed by atoms with E-state index in [0.717, 1.165) is 0 Å². The van der Waals surface area contributed by atoms with E-state index < -0.39 is 5.82 Å². The summed E-state index contributed by atoms with van der Waals surface area (Å²) < 4.78 is 24.5. The average molecular weight is 314 g/mol. The second-order valence-electron chi connectivity index (χ2n) is 5.37. The Labute approximate surface area is 132 Å². The van der Waals surface area contributed by atoms with Crippen molar-refractivity contribution in [1.29, 1.82) is 5.26 Å². The first-order chi connectivity index (χ1) is 11.1. The SMILES string of the molecule is Cc1oc(C#N)cc1C(=O)NC1CCCOc2c(F)cccc21. The Balaban J connectivity index is 1.88. The molecule has 0 spiro atoms. The van der Waals surface area contributed by atoms with Crippen LogP contribution in [0, 0.1) is 24.1 Å². The first-order valence-electron chi connectivity index (χ1n) is 7.32.